The van der Waals surface area contributed by atoms with E-state index in [2.05, 4.69) is 5.10 Å². The molecule has 0 saturated heterocycles. The number of fused-ring (bicyclic) bond motifs is 1. The zero-order chi connectivity index (χ0) is 22.8. The fraction of sp³-hybridized carbons (Fsp3) is 0.227. The number of nitrogens with zero attached hydrogens (tertiary/aromatic N) is 4. The molecule has 1 aliphatic heterocycles. The van der Waals surface area contributed by atoms with Gasteiger partial charge in [-0.15, -0.1) is 0 Å². The number of rotatable bonds is 6. The third kappa shape index (κ3) is 3.66. The van der Waals surface area contributed by atoms with Gasteiger partial charge in [0, 0.05) is 24.2 Å². The maximum atomic E-state index is 13.5. The monoisotopic (exact) mass is 436 g/mol. The molecule has 0 N–H and O–H groups in total. The summed E-state index contributed by atoms with van der Waals surface area (Å²) in [5.74, 6) is -0.386. The maximum Gasteiger partial charge on any atom is 0.359 e. The molecule has 10 heteroatoms. The van der Waals surface area contributed by atoms with Gasteiger partial charge in [0.25, 0.3) is 11.6 Å². The van der Waals surface area contributed by atoms with Gasteiger partial charge in [0.05, 0.1) is 30.0 Å². The van der Waals surface area contributed by atoms with Gasteiger partial charge in [0.15, 0.2) is 5.69 Å². The number of aromatic nitrogens is 2. The summed E-state index contributed by atoms with van der Waals surface area (Å²) in [5, 5.41) is 15.6. The Kier molecular flexibility index (Phi) is 5.59. The Morgan fingerprint density at radius 1 is 1.19 bits per heavy atom. The number of esters is 1. The molecule has 0 aliphatic carbocycles. The first kappa shape index (κ1) is 21.0. The lowest BCUT2D eigenvalue weighted by Crippen LogP contribution is -2.39. The summed E-state index contributed by atoms with van der Waals surface area (Å²) < 4.78 is 11.7. The van der Waals surface area contributed by atoms with Gasteiger partial charge in [0.1, 0.15) is 11.4 Å². The third-order valence-corrected chi connectivity index (χ3v) is 5.15. The van der Waals surface area contributed by atoms with Gasteiger partial charge < -0.3 is 14.4 Å². The molecule has 1 aromatic heterocycles. The molecule has 1 aliphatic rings. The number of nitro groups is 1. The van der Waals surface area contributed by atoms with Crippen LogP contribution in [0.1, 0.15) is 33.5 Å². The molecular formula is C22H20N4O6. The zero-order valence-corrected chi connectivity index (χ0v) is 17.5. The van der Waals surface area contributed by atoms with Crippen LogP contribution in [0, 0.1) is 10.1 Å². The minimum atomic E-state index is -0.604. The summed E-state index contributed by atoms with van der Waals surface area (Å²) in [4.78, 5) is 38.2. The van der Waals surface area contributed by atoms with Crippen molar-refractivity contribution < 1.29 is 24.0 Å². The van der Waals surface area contributed by atoms with Crippen molar-refractivity contribution in [1.29, 1.82) is 0 Å². The number of methoxy groups -OCH3 is 1. The Morgan fingerprint density at radius 2 is 1.94 bits per heavy atom. The second kappa shape index (κ2) is 8.50. The van der Waals surface area contributed by atoms with E-state index in [-0.39, 0.29) is 30.2 Å². The lowest BCUT2D eigenvalue weighted by atomic mass is 10.0. The summed E-state index contributed by atoms with van der Waals surface area (Å²) in [7, 11) is 1.55. The van der Waals surface area contributed by atoms with Crippen LogP contribution in [0.5, 0.6) is 5.75 Å². The van der Waals surface area contributed by atoms with Crippen LogP contribution < -0.4 is 9.64 Å². The van der Waals surface area contributed by atoms with Crippen LogP contribution >= 0.6 is 0 Å². The van der Waals surface area contributed by atoms with Gasteiger partial charge in [-0.25, -0.2) is 9.48 Å². The number of hydrogen-bond donors (Lipinski definition) is 0. The Balaban J connectivity index is 1.82. The van der Waals surface area contributed by atoms with Gasteiger partial charge in [-0.1, -0.05) is 6.07 Å². The van der Waals surface area contributed by atoms with Crippen LogP contribution in [0.2, 0.25) is 0 Å². The van der Waals surface area contributed by atoms with Gasteiger partial charge in [-0.3, -0.25) is 14.9 Å². The fourth-order valence-corrected chi connectivity index (χ4v) is 3.65. The largest absolute Gasteiger partial charge is 0.497 e. The number of non-ortho nitro benzene ring substituents is 1. The van der Waals surface area contributed by atoms with E-state index >= 15 is 0 Å². The quantitative estimate of drug-likeness (QED) is 0.331. The van der Waals surface area contributed by atoms with E-state index in [1.165, 1.54) is 27.8 Å². The molecule has 10 nitrogen and oxygen atoms in total. The predicted molar refractivity (Wildman–Crippen MR) is 115 cm³/mol. The van der Waals surface area contributed by atoms with Crippen molar-refractivity contribution in [2.45, 2.75) is 13.3 Å². The maximum absolute atomic E-state index is 13.5. The normalized spacial score (nSPS) is 12.9. The molecule has 2 heterocycles. The second-order valence-corrected chi connectivity index (χ2v) is 6.99. The van der Waals surface area contributed by atoms with E-state index in [1.54, 1.807) is 44.4 Å². The molecule has 4 rings (SSSR count). The predicted octanol–water partition coefficient (Wildman–Crippen LogP) is 3.17. The van der Waals surface area contributed by atoms with Crippen LogP contribution in [0.3, 0.4) is 0 Å². The van der Waals surface area contributed by atoms with E-state index in [1.807, 2.05) is 0 Å². The standard InChI is InChI=1S/C22H20N4O6/c1-3-32-22(28)19-18-11-12-24(15-5-4-6-16(13-15)26(29)30)21(27)20(18)25(23-19)14-7-9-17(31-2)10-8-14/h4-10,13H,3,11-12H2,1-2H3. The fourth-order valence-electron chi connectivity index (χ4n) is 3.65. The summed E-state index contributed by atoms with van der Waals surface area (Å²) >= 11 is 0. The Labute approximate surface area is 183 Å². The number of carbonyl (C=O) groups is 2. The van der Waals surface area contributed by atoms with Crippen molar-refractivity contribution in [3.05, 3.63) is 75.6 Å². The van der Waals surface area contributed by atoms with Gasteiger partial charge in [-0.05, 0) is 43.7 Å². The van der Waals surface area contributed by atoms with Crippen LogP contribution in [-0.4, -0.2) is 46.8 Å². The second-order valence-electron chi connectivity index (χ2n) is 6.99. The van der Waals surface area contributed by atoms with Crippen molar-refractivity contribution in [3.8, 4) is 11.4 Å². The topological polar surface area (TPSA) is 117 Å². The van der Waals surface area contributed by atoms with E-state index < -0.39 is 16.8 Å². The van der Waals surface area contributed by atoms with Crippen molar-refractivity contribution in [2.24, 2.45) is 0 Å². The highest BCUT2D eigenvalue weighted by atomic mass is 16.6. The van der Waals surface area contributed by atoms with Crippen molar-refractivity contribution in [1.82, 2.24) is 9.78 Å². The van der Waals surface area contributed by atoms with E-state index in [4.69, 9.17) is 9.47 Å². The molecule has 164 valence electrons. The van der Waals surface area contributed by atoms with E-state index in [0.29, 0.717) is 29.1 Å². The average molecular weight is 436 g/mol. The molecule has 0 fully saturated rings. The van der Waals surface area contributed by atoms with Gasteiger partial charge in [0.2, 0.25) is 0 Å². The van der Waals surface area contributed by atoms with Crippen molar-refractivity contribution >= 4 is 23.3 Å². The molecule has 3 aromatic rings. The summed E-state index contributed by atoms with van der Waals surface area (Å²) in [6, 6.07) is 12.8. The molecule has 0 unspecified atom stereocenters. The van der Waals surface area contributed by atoms with E-state index in [0.717, 1.165) is 0 Å². The number of amides is 1. The number of hydrogen-bond acceptors (Lipinski definition) is 7. The average Bonchev–Trinajstić information content (AvgIpc) is 3.20. The number of benzene rings is 2. The highest BCUT2D eigenvalue weighted by Gasteiger charge is 2.35. The number of anilines is 1. The third-order valence-electron chi connectivity index (χ3n) is 5.15. The lowest BCUT2D eigenvalue weighted by molar-refractivity contribution is -0.384. The van der Waals surface area contributed by atoms with Crippen LogP contribution in [0.15, 0.2) is 48.5 Å². The van der Waals surface area contributed by atoms with Crippen molar-refractivity contribution in [2.75, 3.05) is 25.2 Å². The van der Waals surface area contributed by atoms with Crippen molar-refractivity contribution in [3.63, 3.8) is 0 Å². The van der Waals surface area contributed by atoms with Crippen LogP contribution in [-0.2, 0) is 11.2 Å². The molecule has 2 aromatic carbocycles. The minimum absolute atomic E-state index is 0.0877. The summed E-state index contributed by atoms with van der Waals surface area (Å²) in [6.07, 6.45) is 0.341. The summed E-state index contributed by atoms with van der Waals surface area (Å²) in [6.45, 7) is 2.12. The smallest absolute Gasteiger partial charge is 0.359 e. The number of nitro benzene ring substituents is 1. The Bertz CT molecular complexity index is 1200. The molecule has 0 atom stereocenters. The zero-order valence-electron chi connectivity index (χ0n) is 17.5. The number of carbonyl (C=O) groups excluding carboxylic acids is 2. The first-order chi connectivity index (χ1) is 15.4. The van der Waals surface area contributed by atoms with Crippen LogP contribution in [0.25, 0.3) is 5.69 Å². The molecule has 1 amide bonds. The van der Waals surface area contributed by atoms with Crippen LogP contribution in [0.4, 0.5) is 11.4 Å². The highest BCUT2D eigenvalue weighted by molar-refractivity contribution is 6.09. The lowest BCUT2D eigenvalue weighted by Gasteiger charge is -2.27. The summed E-state index contributed by atoms with van der Waals surface area (Å²) in [5.41, 5.74) is 1.64. The first-order valence-electron chi connectivity index (χ1n) is 9.94. The number of ether oxygens (including phenoxy) is 2. The Hall–Kier alpha value is -4.21. The van der Waals surface area contributed by atoms with Gasteiger partial charge in [-0.2, -0.15) is 5.10 Å². The minimum Gasteiger partial charge on any atom is -0.497 e. The molecule has 0 radical (unpaired) electrons. The Morgan fingerprint density at radius 3 is 2.59 bits per heavy atom. The first-order valence-corrected chi connectivity index (χ1v) is 9.94. The molecule has 0 saturated carbocycles. The molecular weight excluding hydrogens is 416 g/mol. The SMILES string of the molecule is CCOC(=O)c1nn(-c2ccc(OC)cc2)c2c1CCN(c1cccc([N+](=O)[O-])c1)C2=O. The molecule has 0 bridgehead atoms. The highest BCUT2D eigenvalue weighted by Crippen LogP contribution is 2.31. The molecule has 32 heavy (non-hydrogen) atoms. The molecule has 0 spiro atoms. The van der Waals surface area contributed by atoms with Gasteiger partial charge >= 0.3 is 5.97 Å². The van der Waals surface area contributed by atoms with E-state index in [9.17, 15) is 19.7 Å².